The Morgan fingerprint density at radius 1 is 1.53 bits per heavy atom. The minimum Gasteiger partial charge on any atom is -0.398 e. The highest BCUT2D eigenvalue weighted by Gasteiger charge is 2.39. The van der Waals surface area contributed by atoms with E-state index in [-0.39, 0.29) is 16.6 Å². The van der Waals surface area contributed by atoms with E-state index in [1.807, 2.05) is 6.07 Å². The lowest BCUT2D eigenvalue weighted by Crippen LogP contribution is -2.27. The van der Waals surface area contributed by atoms with E-state index in [9.17, 15) is 8.42 Å². The second kappa shape index (κ2) is 5.19. The van der Waals surface area contributed by atoms with Gasteiger partial charge in [-0.15, -0.1) is 0 Å². The Labute approximate surface area is 113 Å². The van der Waals surface area contributed by atoms with Gasteiger partial charge in [-0.1, -0.05) is 13.3 Å². The molecule has 102 valence electrons. The molecule has 2 atom stereocenters. The molecule has 2 unspecified atom stereocenters. The van der Waals surface area contributed by atoms with E-state index in [0.717, 1.165) is 19.3 Å². The number of nitrogens with zero attached hydrogens (tertiary/aromatic N) is 1. The van der Waals surface area contributed by atoms with Crippen LogP contribution in [0.5, 0.6) is 0 Å². The molecule has 1 aliphatic carbocycles. The number of benzene rings is 1. The van der Waals surface area contributed by atoms with Crippen molar-refractivity contribution in [2.75, 3.05) is 5.73 Å². The lowest BCUT2D eigenvalue weighted by molar-refractivity contribution is 0.573. The summed E-state index contributed by atoms with van der Waals surface area (Å²) in [6.07, 6.45) is 2.99. The van der Waals surface area contributed by atoms with Crippen LogP contribution >= 0.6 is 0 Å². The number of anilines is 1. The van der Waals surface area contributed by atoms with Crippen molar-refractivity contribution in [3.05, 3.63) is 23.8 Å². The first-order chi connectivity index (χ1) is 8.97. The maximum atomic E-state index is 12.2. The van der Waals surface area contributed by atoms with Gasteiger partial charge in [0.25, 0.3) is 0 Å². The van der Waals surface area contributed by atoms with Gasteiger partial charge in [0.1, 0.15) is 4.90 Å². The molecule has 0 saturated heterocycles. The lowest BCUT2D eigenvalue weighted by atomic mass is 10.2. The predicted octanol–water partition coefficient (Wildman–Crippen LogP) is 1.61. The summed E-state index contributed by atoms with van der Waals surface area (Å²) in [6, 6.07) is 6.18. The Balaban J connectivity index is 2.15. The third-order valence-corrected chi connectivity index (χ3v) is 4.88. The molecule has 0 heterocycles. The number of rotatable bonds is 5. The molecule has 0 spiro atoms. The molecule has 1 aromatic rings. The van der Waals surface area contributed by atoms with Crippen LogP contribution in [0.3, 0.4) is 0 Å². The molecule has 0 amide bonds. The third-order valence-electron chi connectivity index (χ3n) is 3.32. The number of hydrogen-bond donors (Lipinski definition) is 2. The van der Waals surface area contributed by atoms with Gasteiger partial charge in [-0.3, -0.25) is 0 Å². The van der Waals surface area contributed by atoms with Gasteiger partial charge in [-0.25, -0.2) is 13.1 Å². The van der Waals surface area contributed by atoms with Gasteiger partial charge in [0, 0.05) is 6.04 Å². The summed E-state index contributed by atoms with van der Waals surface area (Å²) in [7, 11) is -3.59. The Morgan fingerprint density at radius 3 is 2.84 bits per heavy atom. The van der Waals surface area contributed by atoms with E-state index in [0.29, 0.717) is 11.5 Å². The van der Waals surface area contributed by atoms with Crippen molar-refractivity contribution in [1.29, 1.82) is 5.26 Å². The average molecular weight is 279 g/mol. The molecule has 3 N–H and O–H groups in total. The van der Waals surface area contributed by atoms with E-state index in [1.54, 1.807) is 0 Å². The van der Waals surface area contributed by atoms with Crippen LogP contribution < -0.4 is 10.5 Å². The number of hydrogen-bond acceptors (Lipinski definition) is 4. The Morgan fingerprint density at radius 2 is 2.26 bits per heavy atom. The topological polar surface area (TPSA) is 96.0 Å². The molecule has 5 nitrogen and oxygen atoms in total. The quantitative estimate of drug-likeness (QED) is 0.800. The Hall–Kier alpha value is -1.58. The summed E-state index contributed by atoms with van der Waals surface area (Å²) < 4.78 is 27.0. The second-order valence-electron chi connectivity index (χ2n) is 4.88. The van der Waals surface area contributed by atoms with Gasteiger partial charge in [0.05, 0.1) is 17.3 Å². The fourth-order valence-corrected chi connectivity index (χ4v) is 3.64. The van der Waals surface area contributed by atoms with Crippen molar-refractivity contribution in [3.8, 4) is 6.07 Å². The zero-order chi connectivity index (χ0) is 14.0. The van der Waals surface area contributed by atoms with Crippen LogP contribution in [0.1, 0.15) is 31.7 Å². The first-order valence-electron chi connectivity index (χ1n) is 6.30. The van der Waals surface area contributed by atoms with Gasteiger partial charge in [0.15, 0.2) is 0 Å². The van der Waals surface area contributed by atoms with Crippen LogP contribution in [0, 0.1) is 17.2 Å². The first-order valence-corrected chi connectivity index (χ1v) is 7.78. The standard InChI is InChI=1S/C13H17N3O2S/c1-2-3-10-7-12(10)16-19(17,18)13-5-4-9(8-14)6-11(13)15/h4-6,10,12,16H,2-3,7,15H2,1H3. The van der Waals surface area contributed by atoms with E-state index < -0.39 is 10.0 Å². The van der Waals surface area contributed by atoms with E-state index in [1.165, 1.54) is 18.2 Å². The van der Waals surface area contributed by atoms with Crippen molar-refractivity contribution in [2.45, 2.75) is 37.1 Å². The largest absolute Gasteiger partial charge is 0.398 e. The fourth-order valence-electron chi connectivity index (χ4n) is 2.21. The number of nitrogens with two attached hydrogens (primary N) is 1. The number of nitrogen functional groups attached to an aromatic ring is 1. The Kier molecular flexibility index (Phi) is 3.78. The smallest absolute Gasteiger partial charge is 0.242 e. The average Bonchev–Trinajstić information content (AvgIpc) is 3.06. The van der Waals surface area contributed by atoms with E-state index >= 15 is 0 Å². The maximum absolute atomic E-state index is 12.2. The van der Waals surface area contributed by atoms with Crippen molar-refractivity contribution < 1.29 is 8.42 Å². The van der Waals surface area contributed by atoms with E-state index in [2.05, 4.69) is 11.6 Å². The van der Waals surface area contributed by atoms with Gasteiger partial charge >= 0.3 is 0 Å². The Bertz CT molecular complexity index is 619. The second-order valence-corrected chi connectivity index (χ2v) is 6.56. The number of sulfonamides is 1. The minimum atomic E-state index is -3.59. The molecule has 1 aliphatic rings. The highest BCUT2D eigenvalue weighted by molar-refractivity contribution is 7.89. The fraction of sp³-hybridized carbons (Fsp3) is 0.462. The molecule has 1 saturated carbocycles. The molecular weight excluding hydrogens is 262 g/mol. The first kappa shape index (κ1) is 13.8. The predicted molar refractivity (Wildman–Crippen MR) is 72.7 cm³/mol. The van der Waals surface area contributed by atoms with Crippen LogP contribution in [0.2, 0.25) is 0 Å². The SMILES string of the molecule is CCCC1CC1NS(=O)(=O)c1ccc(C#N)cc1N. The van der Waals surface area contributed by atoms with Crippen molar-refractivity contribution in [3.63, 3.8) is 0 Å². The molecule has 1 fully saturated rings. The van der Waals surface area contributed by atoms with Crippen LogP contribution in [0.25, 0.3) is 0 Å². The lowest BCUT2D eigenvalue weighted by Gasteiger charge is -2.09. The highest BCUT2D eigenvalue weighted by atomic mass is 32.2. The summed E-state index contributed by atoms with van der Waals surface area (Å²) >= 11 is 0. The molecule has 2 rings (SSSR count). The van der Waals surface area contributed by atoms with Crippen molar-refractivity contribution in [1.82, 2.24) is 4.72 Å². The molecule has 0 bridgehead atoms. The zero-order valence-corrected chi connectivity index (χ0v) is 11.6. The molecule has 0 aliphatic heterocycles. The molecular formula is C13H17N3O2S. The summed E-state index contributed by atoms with van der Waals surface area (Å²) in [6.45, 7) is 2.09. The van der Waals surface area contributed by atoms with Gasteiger partial charge in [0.2, 0.25) is 10.0 Å². The molecule has 0 aromatic heterocycles. The normalized spacial score (nSPS) is 21.9. The summed E-state index contributed by atoms with van der Waals surface area (Å²) in [5.41, 5.74) is 6.17. The minimum absolute atomic E-state index is 0.0278. The number of nitriles is 1. The van der Waals surface area contributed by atoms with E-state index in [4.69, 9.17) is 11.0 Å². The third kappa shape index (κ3) is 3.06. The van der Waals surface area contributed by atoms with Crippen LogP contribution in [0.4, 0.5) is 5.69 Å². The molecule has 6 heteroatoms. The summed E-state index contributed by atoms with van der Waals surface area (Å²) in [4.78, 5) is 0.0497. The molecule has 1 aromatic carbocycles. The highest BCUT2D eigenvalue weighted by Crippen LogP contribution is 2.36. The van der Waals surface area contributed by atoms with Crippen molar-refractivity contribution in [2.24, 2.45) is 5.92 Å². The maximum Gasteiger partial charge on any atom is 0.242 e. The van der Waals surface area contributed by atoms with Gasteiger partial charge < -0.3 is 5.73 Å². The monoisotopic (exact) mass is 279 g/mol. The van der Waals surface area contributed by atoms with Gasteiger partial charge in [-0.05, 0) is 37.0 Å². The molecule has 19 heavy (non-hydrogen) atoms. The summed E-state index contributed by atoms with van der Waals surface area (Å²) in [5, 5.41) is 8.73. The van der Waals surface area contributed by atoms with Crippen LogP contribution in [-0.2, 0) is 10.0 Å². The van der Waals surface area contributed by atoms with Gasteiger partial charge in [-0.2, -0.15) is 5.26 Å². The van der Waals surface area contributed by atoms with Crippen LogP contribution in [-0.4, -0.2) is 14.5 Å². The molecule has 0 radical (unpaired) electrons. The van der Waals surface area contributed by atoms with Crippen molar-refractivity contribution >= 4 is 15.7 Å². The van der Waals surface area contributed by atoms with Crippen LogP contribution in [0.15, 0.2) is 23.1 Å². The zero-order valence-electron chi connectivity index (χ0n) is 10.8. The number of nitrogens with one attached hydrogen (secondary N) is 1. The summed E-state index contributed by atoms with van der Waals surface area (Å²) in [5.74, 6) is 0.444.